The summed E-state index contributed by atoms with van der Waals surface area (Å²) < 4.78 is 65.2. The van der Waals surface area contributed by atoms with Crippen LogP contribution in [0.4, 0.5) is 10.2 Å². The number of aromatic nitrogens is 2. The predicted octanol–water partition coefficient (Wildman–Crippen LogP) is 1.87. The number of hydrogen-bond donors (Lipinski definition) is 4. The molecule has 0 fully saturated rings. The number of amides is 1. The lowest BCUT2D eigenvalue weighted by Crippen LogP contribution is -2.25. The molecule has 1 amide bonds. The van der Waals surface area contributed by atoms with Gasteiger partial charge in [0.15, 0.2) is 11.4 Å². The Balaban J connectivity index is 1.73. The molecule has 2 aromatic heterocycles. The molecule has 0 unspecified atom stereocenters. The fraction of sp³-hybridized carbons (Fsp3) is 0.318. The number of nitrogens with zero attached hydrogens (tertiary/aromatic N) is 2. The van der Waals surface area contributed by atoms with Crippen LogP contribution in [0.25, 0.3) is 10.9 Å². The Morgan fingerprint density at radius 2 is 1.78 bits per heavy atom. The minimum atomic E-state index is -3.88. The largest absolute Gasteiger partial charge is 0.504 e. The summed E-state index contributed by atoms with van der Waals surface area (Å²) in [7, 11) is -7.18. The van der Waals surface area contributed by atoms with Gasteiger partial charge in [0.1, 0.15) is 17.2 Å². The van der Waals surface area contributed by atoms with Crippen LogP contribution in [0.15, 0.2) is 42.6 Å². The third-order valence-corrected chi connectivity index (χ3v) is 7.08. The van der Waals surface area contributed by atoms with E-state index in [1.807, 2.05) is 0 Å². The van der Waals surface area contributed by atoms with E-state index in [4.69, 9.17) is 0 Å². The Morgan fingerprint density at radius 1 is 1.06 bits per heavy atom. The van der Waals surface area contributed by atoms with Crippen molar-refractivity contribution < 1.29 is 31.1 Å². The van der Waals surface area contributed by atoms with Gasteiger partial charge in [-0.15, -0.1) is 0 Å². The van der Waals surface area contributed by atoms with Crippen molar-refractivity contribution in [2.75, 3.05) is 23.3 Å². The summed E-state index contributed by atoms with van der Waals surface area (Å²) in [5.74, 6) is -2.14. The van der Waals surface area contributed by atoms with Crippen LogP contribution in [0.5, 0.6) is 5.75 Å². The van der Waals surface area contributed by atoms with Crippen molar-refractivity contribution in [1.29, 1.82) is 0 Å². The Morgan fingerprint density at radius 3 is 2.47 bits per heavy atom. The first kappa shape index (κ1) is 27.2. The van der Waals surface area contributed by atoms with Crippen molar-refractivity contribution >= 4 is 42.7 Å². The molecule has 0 bridgehead atoms. The summed E-state index contributed by atoms with van der Waals surface area (Å²) in [6, 6.07) is 8.50. The second-order valence-electron chi connectivity index (χ2n) is 8.01. The number of carbonyl (C=O) groups is 1. The molecule has 0 aliphatic carbocycles. The number of sulfonamides is 2. The molecule has 3 aromatic rings. The number of unbranched alkanes of at least 4 members (excludes halogenated alkanes) is 2. The van der Waals surface area contributed by atoms with Crippen molar-refractivity contribution in [3.05, 3.63) is 59.7 Å². The summed E-state index contributed by atoms with van der Waals surface area (Å²) in [5, 5.41) is 13.4. The normalized spacial score (nSPS) is 11.9. The fourth-order valence-corrected chi connectivity index (χ4v) is 4.93. The molecular weight excluding hydrogens is 513 g/mol. The van der Waals surface area contributed by atoms with E-state index < -0.39 is 43.2 Å². The number of benzene rings is 1. The van der Waals surface area contributed by atoms with Crippen LogP contribution in [0.1, 0.15) is 35.3 Å². The van der Waals surface area contributed by atoms with E-state index in [-0.39, 0.29) is 42.0 Å². The number of rotatable bonds is 12. The van der Waals surface area contributed by atoms with E-state index in [1.165, 1.54) is 42.6 Å². The molecule has 3 rings (SSSR count). The zero-order chi connectivity index (χ0) is 26.3. The van der Waals surface area contributed by atoms with Gasteiger partial charge in [-0.2, -0.15) is 0 Å². The Bertz CT molecular complexity index is 1450. The topological polar surface area (TPSA) is 167 Å². The van der Waals surface area contributed by atoms with Crippen molar-refractivity contribution in [2.45, 2.75) is 25.8 Å². The Kier molecular flexibility index (Phi) is 8.76. The number of halogens is 1. The van der Waals surface area contributed by atoms with E-state index in [2.05, 4.69) is 24.7 Å². The summed E-state index contributed by atoms with van der Waals surface area (Å²) in [5.41, 5.74) is 0.174. The molecule has 11 nitrogen and oxygen atoms in total. The number of anilines is 1. The third-order valence-electron chi connectivity index (χ3n) is 5.02. The van der Waals surface area contributed by atoms with Crippen molar-refractivity contribution in [3.8, 4) is 5.75 Å². The molecule has 0 saturated heterocycles. The molecule has 194 valence electrons. The van der Waals surface area contributed by atoms with Gasteiger partial charge in [-0.1, -0.05) is 18.6 Å². The molecule has 0 aliphatic heterocycles. The highest BCUT2D eigenvalue weighted by Crippen LogP contribution is 2.31. The summed E-state index contributed by atoms with van der Waals surface area (Å²) in [6.07, 6.45) is 3.62. The molecule has 14 heteroatoms. The average molecular weight is 540 g/mol. The molecule has 4 N–H and O–H groups in total. The molecule has 1 aromatic carbocycles. The van der Waals surface area contributed by atoms with Crippen LogP contribution >= 0.6 is 0 Å². The van der Waals surface area contributed by atoms with Gasteiger partial charge < -0.3 is 10.4 Å². The quantitative estimate of drug-likeness (QED) is 0.253. The smallest absolute Gasteiger partial charge is 0.274 e. The second kappa shape index (κ2) is 11.6. The lowest BCUT2D eigenvalue weighted by molar-refractivity contribution is 0.0943. The number of carbonyl (C=O) groups excluding carboxylic acids is 1. The lowest BCUT2D eigenvalue weighted by Gasteiger charge is -2.13. The lowest BCUT2D eigenvalue weighted by atomic mass is 10.2. The summed E-state index contributed by atoms with van der Waals surface area (Å²) >= 11 is 0. The van der Waals surface area contributed by atoms with Crippen LogP contribution in [0.3, 0.4) is 0 Å². The van der Waals surface area contributed by atoms with Crippen molar-refractivity contribution in [2.24, 2.45) is 0 Å². The van der Waals surface area contributed by atoms with Gasteiger partial charge in [-0.3, -0.25) is 14.5 Å². The van der Waals surface area contributed by atoms with E-state index in [0.29, 0.717) is 18.4 Å². The first-order valence-corrected chi connectivity index (χ1v) is 14.4. The van der Waals surface area contributed by atoms with E-state index >= 15 is 0 Å². The average Bonchev–Trinajstić information content (AvgIpc) is 2.82. The minimum Gasteiger partial charge on any atom is -0.504 e. The first-order valence-electron chi connectivity index (χ1n) is 10.9. The molecule has 0 aliphatic rings. The number of fused-ring (bicyclic) bond motifs is 1. The maximum Gasteiger partial charge on any atom is 0.274 e. The van der Waals surface area contributed by atoms with Gasteiger partial charge in [0, 0.05) is 24.7 Å². The summed E-state index contributed by atoms with van der Waals surface area (Å²) in [4.78, 5) is 20.9. The fourth-order valence-electron chi connectivity index (χ4n) is 3.28. The van der Waals surface area contributed by atoms with E-state index in [9.17, 15) is 31.1 Å². The van der Waals surface area contributed by atoms with Crippen LogP contribution in [0, 0.1) is 5.82 Å². The van der Waals surface area contributed by atoms with Gasteiger partial charge in [-0.25, -0.2) is 30.9 Å². The summed E-state index contributed by atoms with van der Waals surface area (Å²) in [6.45, 7) is 0.230. The first-order chi connectivity index (χ1) is 17.0. The molecule has 2 heterocycles. The molecule has 0 spiro atoms. The van der Waals surface area contributed by atoms with Gasteiger partial charge in [0.25, 0.3) is 5.91 Å². The maximum absolute atomic E-state index is 13.1. The number of hydrogen-bond acceptors (Lipinski definition) is 8. The van der Waals surface area contributed by atoms with Gasteiger partial charge >= 0.3 is 0 Å². The number of nitrogens with one attached hydrogen (secondary N) is 3. The third kappa shape index (κ3) is 7.83. The standard InChI is InChI=1S/C22H26FN5O6S2/c1-35(31,32)26-12-3-2-4-13-36(33,34)28-21-17-6-5-11-24-18(17)20(29)19(27-21)22(30)25-14-15-7-9-16(23)10-8-15/h5-11,26,29H,2-4,12-14H2,1H3,(H,25,30)(H,27,28). The number of pyridine rings is 2. The molecule has 36 heavy (non-hydrogen) atoms. The van der Waals surface area contributed by atoms with Crippen LogP contribution in [-0.4, -0.2) is 56.4 Å². The Labute approximate surface area is 208 Å². The van der Waals surface area contributed by atoms with Crippen LogP contribution < -0.4 is 14.8 Å². The van der Waals surface area contributed by atoms with Gasteiger partial charge in [0.2, 0.25) is 20.0 Å². The molecule has 0 radical (unpaired) electrons. The zero-order valence-electron chi connectivity index (χ0n) is 19.4. The van der Waals surface area contributed by atoms with Crippen molar-refractivity contribution in [3.63, 3.8) is 0 Å². The van der Waals surface area contributed by atoms with E-state index in [1.54, 1.807) is 0 Å². The Hall–Kier alpha value is -3.36. The van der Waals surface area contributed by atoms with Crippen LogP contribution in [-0.2, 0) is 26.6 Å². The van der Waals surface area contributed by atoms with Crippen molar-refractivity contribution in [1.82, 2.24) is 20.0 Å². The second-order valence-corrected chi connectivity index (χ2v) is 11.7. The monoisotopic (exact) mass is 539 g/mol. The predicted molar refractivity (Wildman–Crippen MR) is 133 cm³/mol. The highest BCUT2D eigenvalue weighted by Gasteiger charge is 2.22. The van der Waals surface area contributed by atoms with Crippen LogP contribution in [0.2, 0.25) is 0 Å². The van der Waals surface area contributed by atoms with Gasteiger partial charge in [-0.05, 0) is 42.7 Å². The SMILES string of the molecule is CS(=O)(=O)NCCCCCS(=O)(=O)Nc1nc(C(=O)NCc2ccc(F)cc2)c(O)c2ncccc12. The number of aromatic hydroxyl groups is 1. The minimum absolute atomic E-state index is 0.0102. The molecule has 0 saturated carbocycles. The van der Waals surface area contributed by atoms with E-state index in [0.717, 1.165) is 6.26 Å². The highest BCUT2D eigenvalue weighted by atomic mass is 32.2. The molecule has 0 atom stereocenters. The molecular formula is C22H26FN5O6S2. The van der Waals surface area contributed by atoms with Gasteiger partial charge in [0.05, 0.1) is 12.0 Å². The zero-order valence-corrected chi connectivity index (χ0v) is 21.0. The highest BCUT2D eigenvalue weighted by molar-refractivity contribution is 7.92. The maximum atomic E-state index is 13.1.